The summed E-state index contributed by atoms with van der Waals surface area (Å²) in [6.07, 6.45) is 0. The Morgan fingerprint density at radius 1 is 1.48 bits per heavy atom. The van der Waals surface area contributed by atoms with Gasteiger partial charge in [0.05, 0.1) is 0 Å². The largest absolute Gasteiger partial charge is 0.477 e. The number of carbonyl (C=O) groups is 3. The summed E-state index contributed by atoms with van der Waals surface area (Å²) in [5.74, 6) is -2.15. The van der Waals surface area contributed by atoms with Gasteiger partial charge in [-0.05, 0) is 22.2 Å². The standard InChI is InChI=1S/C11H10Cl2N6O4S2/c1-18-11(15-16-17-18)25-3-2-24-9-4(14-7(20)6(12)13)8(21)19(9)5(3)10(22)23/h4,6,9H,2H2,1H3,(H,14,20)(H,22,23)/t4-,9?/m1/s1. The number of amides is 2. The molecular formula is C11H10Cl2N6O4S2. The fourth-order valence-electron chi connectivity index (χ4n) is 2.30. The predicted octanol–water partition coefficient (Wildman–Crippen LogP) is -0.198. The van der Waals surface area contributed by atoms with E-state index in [1.54, 1.807) is 7.05 Å². The number of alkyl halides is 2. The molecule has 1 aromatic rings. The fourth-order valence-corrected chi connectivity index (χ4v) is 4.81. The second kappa shape index (κ2) is 7.02. The number of β-lactam (4-membered cyclic amide) rings is 1. The number of nitrogens with zero attached hydrogens (tertiary/aromatic N) is 5. The van der Waals surface area contributed by atoms with Gasteiger partial charge in [-0.2, -0.15) is 0 Å². The van der Waals surface area contributed by atoms with E-state index in [1.807, 2.05) is 0 Å². The van der Waals surface area contributed by atoms with Gasteiger partial charge >= 0.3 is 5.97 Å². The molecule has 10 nitrogen and oxygen atoms in total. The molecule has 0 radical (unpaired) electrons. The summed E-state index contributed by atoms with van der Waals surface area (Å²) < 4.78 is 1.40. The highest BCUT2D eigenvalue weighted by molar-refractivity contribution is 8.06. The van der Waals surface area contributed by atoms with E-state index in [0.717, 1.165) is 16.7 Å². The molecule has 3 heterocycles. The van der Waals surface area contributed by atoms with Crippen molar-refractivity contribution in [3.05, 3.63) is 10.6 Å². The Labute approximate surface area is 159 Å². The highest BCUT2D eigenvalue weighted by Gasteiger charge is 2.54. The van der Waals surface area contributed by atoms with E-state index in [2.05, 4.69) is 20.8 Å². The number of halogens is 2. The van der Waals surface area contributed by atoms with Gasteiger partial charge in [-0.1, -0.05) is 23.2 Å². The summed E-state index contributed by atoms with van der Waals surface area (Å²) in [6.45, 7) is 0. The molecule has 14 heteroatoms. The molecule has 0 aliphatic carbocycles. The lowest BCUT2D eigenvalue weighted by molar-refractivity contribution is -0.150. The lowest BCUT2D eigenvalue weighted by Gasteiger charge is -2.49. The van der Waals surface area contributed by atoms with Gasteiger partial charge in [0.25, 0.3) is 11.8 Å². The number of aromatic nitrogens is 4. The Kier molecular flexibility index (Phi) is 5.14. The molecule has 0 bridgehead atoms. The fraction of sp³-hybridized carbons (Fsp3) is 0.455. The van der Waals surface area contributed by atoms with Crippen LogP contribution in [-0.2, 0) is 21.4 Å². The molecule has 25 heavy (non-hydrogen) atoms. The van der Waals surface area contributed by atoms with Crippen molar-refractivity contribution in [1.29, 1.82) is 0 Å². The molecule has 1 aromatic heterocycles. The molecule has 1 saturated heterocycles. The molecule has 0 saturated carbocycles. The highest BCUT2D eigenvalue weighted by atomic mass is 35.5. The number of tetrazole rings is 1. The number of aliphatic carboxylic acids is 1. The van der Waals surface area contributed by atoms with Crippen molar-refractivity contribution in [3.63, 3.8) is 0 Å². The van der Waals surface area contributed by atoms with E-state index in [-0.39, 0.29) is 5.70 Å². The van der Waals surface area contributed by atoms with Crippen LogP contribution in [0.1, 0.15) is 0 Å². The van der Waals surface area contributed by atoms with E-state index in [9.17, 15) is 19.5 Å². The van der Waals surface area contributed by atoms with Crippen LogP contribution >= 0.6 is 46.7 Å². The minimum Gasteiger partial charge on any atom is -0.477 e. The third-order valence-electron chi connectivity index (χ3n) is 3.43. The molecule has 2 aliphatic rings. The van der Waals surface area contributed by atoms with Crippen LogP contribution in [0.2, 0.25) is 0 Å². The second-order valence-corrected chi connectivity index (χ2v) is 8.22. The summed E-state index contributed by atoms with van der Waals surface area (Å²) in [6, 6.07) is -0.866. The molecule has 2 N–H and O–H groups in total. The van der Waals surface area contributed by atoms with E-state index in [4.69, 9.17) is 23.2 Å². The van der Waals surface area contributed by atoms with Crippen molar-refractivity contribution in [2.45, 2.75) is 21.4 Å². The summed E-state index contributed by atoms with van der Waals surface area (Å²) in [5, 5.41) is 22.8. The SMILES string of the molecule is Cn1nnnc1SC1=C(C(=O)O)N2C(=O)[C@@H](NC(=O)C(Cl)Cl)C2SC1. The van der Waals surface area contributed by atoms with E-state index in [1.165, 1.54) is 16.4 Å². The zero-order valence-corrected chi connectivity index (χ0v) is 15.6. The third kappa shape index (κ3) is 3.30. The maximum absolute atomic E-state index is 12.3. The van der Waals surface area contributed by atoms with Crippen molar-refractivity contribution < 1.29 is 19.5 Å². The predicted molar refractivity (Wildman–Crippen MR) is 89.8 cm³/mol. The number of rotatable bonds is 5. The van der Waals surface area contributed by atoms with Gasteiger partial charge < -0.3 is 10.4 Å². The minimum absolute atomic E-state index is 0.138. The molecule has 2 aliphatic heterocycles. The van der Waals surface area contributed by atoms with Crippen LogP contribution in [0.25, 0.3) is 0 Å². The molecule has 1 fully saturated rings. The van der Waals surface area contributed by atoms with Crippen molar-refractivity contribution in [1.82, 2.24) is 30.4 Å². The average Bonchev–Trinajstić information content (AvgIpc) is 2.96. The zero-order valence-electron chi connectivity index (χ0n) is 12.4. The lowest BCUT2D eigenvalue weighted by Crippen LogP contribution is -2.70. The number of carboxylic acids is 1. The number of hydrogen-bond acceptors (Lipinski definition) is 8. The van der Waals surface area contributed by atoms with Gasteiger partial charge in [0.2, 0.25) is 5.16 Å². The molecule has 3 rings (SSSR count). The Hall–Kier alpha value is -1.50. The van der Waals surface area contributed by atoms with Crippen LogP contribution in [-0.4, -0.2) is 70.0 Å². The number of fused-ring (bicyclic) bond motifs is 1. The number of hydrogen-bond donors (Lipinski definition) is 2. The molecule has 0 aromatic carbocycles. The van der Waals surface area contributed by atoms with Gasteiger partial charge in [-0.15, -0.1) is 16.9 Å². The third-order valence-corrected chi connectivity index (χ3v) is 6.40. The number of nitrogens with one attached hydrogen (secondary N) is 1. The minimum atomic E-state index is -1.31. The van der Waals surface area contributed by atoms with Crippen LogP contribution in [0, 0.1) is 0 Å². The van der Waals surface area contributed by atoms with Crippen molar-refractivity contribution in [3.8, 4) is 0 Å². The summed E-state index contributed by atoms with van der Waals surface area (Å²) in [4.78, 5) is 35.9. The van der Waals surface area contributed by atoms with E-state index < -0.39 is 34.0 Å². The Bertz CT molecular complexity index is 784. The second-order valence-electron chi connectivity index (χ2n) is 4.96. The molecule has 134 valence electrons. The average molecular weight is 425 g/mol. The summed E-state index contributed by atoms with van der Waals surface area (Å²) in [5.41, 5.74) is -0.138. The summed E-state index contributed by atoms with van der Waals surface area (Å²) in [7, 11) is 1.62. The Balaban J connectivity index is 1.84. The van der Waals surface area contributed by atoms with Crippen molar-refractivity contribution in [2.24, 2.45) is 7.05 Å². The Morgan fingerprint density at radius 3 is 2.76 bits per heavy atom. The smallest absolute Gasteiger partial charge is 0.353 e. The van der Waals surface area contributed by atoms with Crippen molar-refractivity contribution in [2.75, 3.05) is 5.75 Å². The molecular weight excluding hydrogens is 415 g/mol. The van der Waals surface area contributed by atoms with E-state index in [0.29, 0.717) is 15.8 Å². The monoisotopic (exact) mass is 424 g/mol. The van der Waals surface area contributed by atoms with E-state index >= 15 is 0 Å². The topological polar surface area (TPSA) is 130 Å². The number of carbonyl (C=O) groups excluding carboxylic acids is 2. The quantitative estimate of drug-likeness (QED) is 0.487. The summed E-state index contributed by atoms with van der Waals surface area (Å²) >= 11 is 13.3. The number of carboxylic acid groups (broad SMARTS) is 1. The van der Waals surface area contributed by atoms with Crippen molar-refractivity contribution >= 4 is 64.5 Å². The van der Waals surface area contributed by atoms with Gasteiger partial charge in [0, 0.05) is 17.7 Å². The van der Waals surface area contributed by atoms with Crippen LogP contribution in [0.5, 0.6) is 0 Å². The zero-order chi connectivity index (χ0) is 18.3. The molecule has 2 atom stereocenters. The van der Waals surface area contributed by atoms with Gasteiger partial charge in [0.15, 0.2) is 4.84 Å². The van der Waals surface area contributed by atoms with Crippen LogP contribution in [0.15, 0.2) is 15.8 Å². The van der Waals surface area contributed by atoms with Crippen LogP contribution in [0.4, 0.5) is 0 Å². The lowest BCUT2D eigenvalue weighted by atomic mass is 10.1. The first kappa shape index (κ1) is 18.3. The molecule has 0 spiro atoms. The Morgan fingerprint density at radius 2 is 2.20 bits per heavy atom. The first-order valence-corrected chi connectivity index (χ1v) is 9.45. The number of thioether (sulfide) groups is 2. The molecule has 2 amide bonds. The van der Waals surface area contributed by atoms with Gasteiger partial charge in [-0.25, -0.2) is 9.48 Å². The normalized spacial score (nSPS) is 22.7. The highest BCUT2D eigenvalue weighted by Crippen LogP contribution is 2.44. The van der Waals surface area contributed by atoms with Crippen LogP contribution < -0.4 is 5.32 Å². The maximum atomic E-state index is 12.3. The van der Waals surface area contributed by atoms with Crippen LogP contribution in [0.3, 0.4) is 0 Å². The maximum Gasteiger partial charge on any atom is 0.353 e. The van der Waals surface area contributed by atoms with Gasteiger partial charge in [0.1, 0.15) is 17.1 Å². The first-order chi connectivity index (χ1) is 11.8. The van der Waals surface area contributed by atoms with Gasteiger partial charge in [-0.3, -0.25) is 14.5 Å². The number of aryl methyl sites for hydroxylation is 1. The first-order valence-electron chi connectivity index (χ1n) is 6.71. The molecule has 1 unspecified atom stereocenters.